The molecule has 0 radical (unpaired) electrons. The molecule has 0 aliphatic heterocycles. The van der Waals surface area contributed by atoms with Crippen LogP contribution in [0.15, 0.2) is 42.5 Å². The van der Waals surface area contributed by atoms with Gasteiger partial charge in [0.1, 0.15) is 0 Å². The Morgan fingerprint density at radius 1 is 1.29 bits per heavy atom. The van der Waals surface area contributed by atoms with Crippen molar-refractivity contribution in [2.24, 2.45) is 5.73 Å². The fourth-order valence-electron chi connectivity index (χ4n) is 1.86. The molecule has 2 aromatic rings. The minimum Gasteiger partial charge on any atom is -0.322 e. The fourth-order valence-corrected chi connectivity index (χ4v) is 2.05. The van der Waals surface area contributed by atoms with Crippen LogP contribution in [0.4, 0.5) is 5.69 Å². The van der Waals surface area contributed by atoms with Gasteiger partial charge in [-0.2, -0.15) is 0 Å². The lowest BCUT2D eigenvalue weighted by molar-refractivity contribution is 0.102. The van der Waals surface area contributed by atoms with E-state index in [0.717, 1.165) is 16.8 Å². The van der Waals surface area contributed by atoms with Crippen molar-refractivity contribution in [2.45, 2.75) is 6.92 Å². The minimum atomic E-state index is -0.193. The molecule has 0 unspecified atom stereocenters. The van der Waals surface area contributed by atoms with Crippen LogP contribution in [-0.4, -0.2) is 12.5 Å². The van der Waals surface area contributed by atoms with Crippen molar-refractivity contribution in [2.75, 3.05) is 11.9 Å². The molecule has 2 rings (SSSR count). The van der Waals surface area contributed by atoms with E-state index in [4.69, 9.17) is 17.3 Å². The summed E-state index contributed by atoms with van der Waals surface area (Å²) < 4.78 is 0. The quantitative estimate of drug-likeness (QED) is 0.837. The molecular weight excluding hydrogens is 284 g/mol. The Hall–Kier alpha value is -2.28. The number of hydrogen-bond donors (Lipinski definition) is 2. The monoisotopic (exact) mass is 298 g/mol. The van der Waals surface area contributed by atoms with Crippen LogP contribution in [0.25, 0.3) is 0 Å². The number of carbonyl (C=O) groups is 1. The number of halogens is 1. The summed E-state index contributed by atoms with van der Waals surface area (Å²) in [7, 11) is 0. The predicted molar refractivity (Wildman–Crippen MR) is 86.5 cm³/mol. The number of amides is 1. The van der Waals surface area contributed by atoms with Crippen molar-refractivity contribution in [3.8, 4) is 11.8 Å². The van der Waals surface area contributed by atoms with Crippen molar-refractivity contribution in [3.05, 3.63) is 64.2 Å². The van der Waals surface area contributed by atoms with E-state index in [1.165, 1.54) is 0 Å². The lowest BCUT2D eigenvalue weighted by atomic mass is 10.1. The summed E-state index contributed by atoms with van der Waals surface area (Å²) in [6.07, 6.45) is 0. The van der Waals surface area contributed by atoms with Crippen molar-refractivity contribution >= 4 is 23.2 Å². The number of hydrogen-bond acceptors (Lipinski definition) is 2. The summed E-state index contributed by atoms with van der Waals surface area (Å²) in [6, 6.07) is 12.4. The molecule has 4 heteroatoms. The number of nitrogens with one attached hydrogen (secondary N) is 1. The molecular formula is C17H15ClN2O. The van der Waals surface area contributed by atoms with Gasteiger partial charge in [0.25, 0.3) is 5.91 Å². The van der Waals surface area contributed by atoms with Gasteiger partial charge in [-0.25, -0.2) is 0 Å². The highest BCUT2D eigenvalue weighted by Crippen LogP contribution is 2.18. The number of aryl methyl sites for hydroxylation is 1. The zero-order chi connectivity index (χ0) is 15.2. The van der Waals surface area contributed by atoms with E-state index in [1.807, 2.05) is 25.1 Å². The zero-order valence-corrected chi connectivity index (χ0v) is 12.4. The topological polar surface area (TPSA) is 55.1 Å². The van der Waals surface area contributed by atoms with E-state index >= 15 is 0 Å². The lowest BCUT2D eigenvalue weighted by Crippen LogP contribution is -2.12. The van der Waals surface area contributed by atoms with Gasteiger partial charge in [0.05, 0.1) is 6.54 Å². The van der Waals surface area contributed by atoms with Crippen LogP contribution in [0.3, 0.4) is 0 Å². The van der Waals surface area contributed by atoms with Gasteiger partial charge in [-0.15, -0.1) is 0 Å². The SMILES string of the molecule is Cc1cc(C#CCN)ccc1NC(=O)c1cccc(Cl)c1. The van der Waals surface area contributed by atoms with Crippen LogP contribution < -0.4 is 11.1 Å². The average Bonchev–Trinajstić information content (AvgIpc) is 2.47. The molecule has 106 valence electrons. The zero-order valence-electron chi connectivity index (χ0n) is 11.6. The highest BCUT2D eigenvalue weighted by atomic mass is 35.5. The standard InChI is InChI=1S/C17H15ClN2O/c1-12-10-13(4-3-9-19)7-8-16(12)20-17(21)14-5-2-6-15(18)11-14/h2,5-8,10-11H,9,19H2,1H3,(H,20,21). The molecule has 0 aliphatic carbocycles. The maximum atomic E-state index is 12.2. The van der Waals surface area contributed by atoms with Crippen molar-refractivity contribution < 1.29 is 4.79 Å². The van der Waals surface area contributed by atoms with Gasteiger partial charge >= 0.3 is 0 Å². The summed E-state index contributed by atoms with van der Waals surface area (Å²) in [5.41, 5.74) is 8.43. The number of carbonyl (C=O) groups excluding carboxylic acids is 1. The summed E-state index contributed by atoms with van der Waals surface area (Å²) in [5.74, 6) is 5.57. The second-order valence-corrected chi connectivity index (χ2v) is 4.94. The largest absolute Gasteiger partial charge is 0.322 e. The van der Waals surface area contributed by atoms with Gasteiger partial charge in [0.2, 0.25) is 0 Å². The number of nitrogens with two attached hydrogens (primary N) is 1. The molecule has 0 aromatic heterocycles. The first-order valence-corrected chi connectivity index (χ1v) is 6.84. The molecule has 0 spiro atoms. The van der Waals surface area contributed by atoms with Gasteiger partial charge < -0.3 is 11.1 Å². The summed E-state index contributed by atoms with van der Waals surface area (Å²) in [4.78, 5) is 12.2. The maximum absolute atomic E-state index is 12.2. The number of benzene rings is 2. The van der Waals surface area contributed by atoms with E-state index in [0.29, 0.717) is 17.1 Å². The first-order valence-electron chi connectivity index (χ1n) is 6.46. The third-order valence-corrected chi connectivity index (χ3v) is 3.13. The van der Waals surface area contributed by atoms with Gasteiger partial charge in [-0.3, -0.25) is 4.79 Å². The Kier molecular flexibility index (Phi) is 4.99. The minimum absolute atomic E-state index is 0.193. The van der Waals surface area contributed by atoms with Crippen LogP contribution >= 0.6 is 11.6 Å². The molecule has 0 saturated carbocycles. The normalized spacial score (nSPS) is 9.67. The molecule has 1 amide bonds. The Bertz CT molecular complexity index is 729. The lowest BCUT2D eigenvalue weighted by Gasteiger charge is -2.09. The van der Waals surface area contributed by atoms with Gasteiger partial charge in [0.15, 0.2) is 0 Å². The molecule has 0 atom stereocenters. The first kappa shape index (κ1) is 15.1. The summed E-state index contributed by atoms with van der Waals surface area (Å²) >= 11 is 5.89. The molecule has 0 heterocycles. The number of anilines is 1. The predicted octanol–water partition coefficient (Wildman–Crippen LogP) is 3.21. The van der Waals surface area contributed by atoms with Gasteiger partial charge in [0, 0.05) is 21.8 Å². The molecule has 3 nitrogen and oxygen atoms in total. The highest BCUT2D eigenvalue weighted by Gasteiger charge is 2.08. The van der Waals surface area contributed by atoms with Crippen molar-refractivity contribution in [3.63, 3.8) is 0 Å². The highest BCUT2D eigenvalue weighted by molar-refractivity contribution is 6.31. The van der Waals surface area contributed by atoms with Crippen molar-refractivity contribution in [1.29, 1.82) is 0 Å². The molecule has 0 saturated heterocycles. The maximum Gasteiger partial charge on any atom is 0.255 e. The third-order valence-electron chi connectivity index (χ3n) is 2.90. The smallest absolute Gasteiger partial charge is 0.255 e. The van der Waals surface area contributed by atoms with E-state index in [1.54, 1.807) is 24.3 Å². The average molecular weight is 299 g/mol. The summed E-state index contributed by atoms with van der Waals surface area (Å²) in [5, 5.41) is 3.40. The van der Waals surface area contributed by atoms with Crippen LogP contribution in [0.1, 0.15) is 21.5 Å². The Labute approximate surface area is 129 Å². The second-order valence-electron chi connectivity index (χ2n) is 4.50. The Balaban J connectivity index is 2.18. The van der Waals surface area contributed by atoms with Crippen LogP contribution in [0.2, 0.25) is 5.02 Å². The van der Waals surface area contributed by atoms with Crippen LogP contribution in [0.5, 0.6) is 0 Å². The van der Waals surface area contributed by atoms with E-state index < -0.39 is 0 Å². The molecule has 0 bridgehead atoms. The fraction of sp³-hybridized carbons (Fsp3) is 0.118. The third kappa shape index (κ3) is 4.09. The Morgan fingerprint density at radius 3 is 2.76 bits per heavy atom. The molecule has 3 N–H and O–H groups in total. The van der Waals surface area contributed by atoms with Crippen LogP contribution in [0, 0.1) is 18.8 Å². The van der Waals surface area contributed by atoms with Crippen molar-refractivity contribution in [1.82, 2.24) is 0 Å². The first-order chi connectivity index (χ1) is 10.1. The molecule has 0 aliphatic rings. The van der Waals surface area contributed by atoms with E-state index in [-0.39, 0.29) is 5.91 Å². The number of rotatable bonds is 2. The molecule has 0 fully saturated rings. The second kappa shape index (κ2) is 6.94. The molecule has 2 aromatic carbocycles. The molecule has 21 heavy (non-hydrogen) atoms. The van der Waals surface area contributed by atoms with E-state index in [2.05, 4.69) is 17.2 Å². The van der Waals surface area contributed by atoms with Gasteiger partial charge in [-0.05, 0) is 48.9 Å². The van der Waals surface area contributed by atoms with Gasteiger partial charge in [-0.1, -0.05) is 29.5 Å². The summed E-state index contributed by atoms with van der Waals surface area (Å²) in [6.45, 7) is 2.24. The van der Waals surface area contributed by atoms with E-state index in [9.17, 15) is 4.79 Å². The Morgan fingerprint density at radius 2 is 2.10 bits per heavy atom. The van der Waals surface area contributed by atoms with Crippen LogP contribution in [-0.2, 0) is 0 Å².